The Hall–Kier alpha value is -2.64. The van der Waals surface area contributed by atoms with E-state index in [1.165, 1.54) is 13.4 Å². The van der Waals surface area contributed by atoms with Gasteiger partial charge in [0.2, 0.25) is 0 Å². The van der Waals surface area contributed by atoms with Crippen LogP contribution < -0.4 is 4.74 Å². The van der Waals surface area contributed by atoms with E-state index in [0.29, 0.717) is 22.7 Å². The van der Waals surface area contributed by atoms with E-state index in [1.807, 2.05) is 13.8 Å². The van der Waals surface area contributed by atoms with Crippen molar-refractivity contribution in [1.82, 2.24) is 4.98 Å². The van der Waals surface area contributed by atoms with Crippen molar-refractivity contribution in [3.63, 3.8) is 0 Å². The minimum atomic E-state index is -3.24. The molecule has 8 heteroatoms. The van der Waals surface area contributed by atoms with Crippen molar-refractivity contribution in [3.05, 3.63) is 63.8 Å². The molecule has 0 N–H and O–H groups in total. The second kappa shape index (κ2) is 8.62. The first-order chi connectivity index (χ1) is 14.1. The number of carbonyl (C=O) groups excluding carboxylic acids is 1. The zero-order valence-electron chi connectivity index (χ0n) is 17.2. The lowest BCUT2D eigenvalue weighted by Gasteiger charge is -2.16. The molecule has 3 rings (SSSR count). The molecule has 0 aliphatic heterocycles. The molecule has 30 heavy (non-hydrogen) atoms. The molecule has 0 saturated carbocycles. The average molecular weight is 448 g/mol. The van der Waals surface area contributed by atoms with Gasteiger partial charge in [0.05, 0.1) is 22.5 Å². The molecule has 3 aromatic rings. The van der Waals surface area contributed by atoms with E-state index in [0.717, 1.165) is 27.8 Å². The maximum Gasteiger partial charge on any atom is 0.343 e. The summed E-state index contributed by atoms with van der Waals surface area (Å²) in [4.78, 5) is 16.5. The van der Waals surface area contributed by atoms with Crippen LogP contribution in [-0.2, 0) is 25.8 Å². The minimum Gasteiger partial charge on any atom is -0.481 e. The van der Waals surface area contributed by atoms with Gasteiger partial charge in [-0.2, -0.15) is 0 Å². The number of hydrogen-bond acceptors (Lipinski definition) is 6. The molecule has 0 aliphatic rings. The first-order valence-corrected chi connectivity index (χ1v) is 11.5. The molecular formula is C22H22ClNO5S. The molecule has 2 aromatic carbocycles. The van der Waals surface area contributed by atoms with Crippen LogP contribution >= 0.6 is 11.6 Å². The van der Waals surface area contributed by atoms with Crippen LogP contribution in [0.15, 0.2) is 41.3 Å². The van der Waals surface area contributed by atoms with Gasteiger partial charge >= 0.3 is 5.97 Å². The SMILES string of the molecule is COC(=O)COc1ccc(Cl)c2nc(C)c(Cc3ccc(S(C)(=O)=O)cc3)c(C)c12. The summed E-state index contributed by atoms with van der Waals surface area (Å²) in [5, 5.41) is 1.23. The topological polar surface area (TPSA) is 82.6 Å². The van der Waals surface area contributed by atoms with E-state index >= 15 is 0 Å². The standard InChI is InChI=1S/C22H22ClNO5S/c1-13-17(11-15-5-7-16(8-6-15)30(4,26)27)14(2)24-22-18(23)9-10-19(21(13)22)29-12-20(25)28-3/h5-10H,11-12H2,1-4H3. The first kappa shape index (κ1) is 22.1. The highest BCUT2D eigenvalue weighted by atomic mass is 35.5. The summed E-state index contributed by atoms with van der Waals surface area (Å²) < 4.78 is 33.7. The lowest BCUT2D eigenvalue weighted by atomic mass is 9.96. The zero-order valence-corrected chi connectivity index (χ0v) is 18.7. The van der Waals surface area contributed by atoms with Gasteiger partial charge in [0.15, 0.2) is 16.4 Å². The van der Waals surface area contributed by atoms with E-state index in [2.05, 4.69) is 9.72 Å². The van der Waals surface area contributed by atoms with E-state index in [-0.39, 0.29) is 11.5 Å². The summed E-state index contributed by atoms with van der Waals surface area (Å²) in [6.07, 6.45) is 1.75. The Bertz CT molecular complexity index is 1220. The highest BCUT2D eigenvalue weighted by Crippen LogP contribution is 2.36. The third kappa shape index (κ3) is 4.57. The van der Waals surface area contributed by atoms with Crippen LogP contribution in [-0.4, -0.2) is 39.3 Å². The highest BCUT2D eigenvalue weighted by Gasteiger charge is 2.17. The Morgan fingerprint density at radius 3 is 2.37 bits per heavy atom. The summed E-state index contributed by atoms with van der Waals surface area (Å²) in [5.41, 5.74) is 4.30. The lowest BCUT2D eigenvalue weighted by molar-refractivity contribution is -0.142. The molecule has 0 atom stereocenters. The van der Waals surface area contributed by atoms with E-state index in [1.54, 1.807) is 36.4 Å². The Morgan fingerprint density at radius 1 is 1.10 bits per heavy atom. The number of aryl methyl sites for hydroxylation is 2. The quantitative estimate of drug-likeness (QED) is 0.530. The summed E-state index contributed by atoms with van der Waals surface area (Å²) >= 11 is 6.37. The maximum atomic E-state index is 11.7. The summed E-state index contributed by atoms with van der Waals surface area (Å²) in [6.45, 7) is 3.65. The maximum absolute atomic E-state index is 11.7. The zero-order chi connectivity index (χ0) is 22.1. The van der Waals surface area contributed by atoms with Crippen molar-refractivity contribution in [2.24, 2.45) is 0 Å². The van der Waals surface area contributed by atoms with Crippen LogP contribution in [0.2, 0.25) is 5.02 Å². The smallest absolute Gasteiger partial charge is 0.343 e. The molecule has 0 spiro atoms. The molecule has 0 bridgehead atoms. The van der Waals surface area contributed by atoms with Gasteiger partial charge in [-0.1, -0.05) is 23.7 Å². The first-order valence-electron chi connectivity index (χ1n) is 9.18. The molecule has 0 saturated heterocycles. The molecule has 1 heterocycles. The van der Waals surface area contributed by atoms with Gasteiger partial charge in [-0.05, 0) is 61.2 Å². The van der Waals surface area contributed by atoms with Crippen LogP contribution in [0.1, 0.15) is 22.4 Å². The molecule has 1 aromatic heterocycles. The van der Waals surface area contributed by atoms with Gasteiger partial charge < -0.3 is 9.47 Å². The van der Waals surface area contributed by atoms with Crippen molar-refractivity contribution in [2.75, 3.05) is 20.0 Å². The molecule has 0 radical (unpaired) electrons. The lowest BCUT2D eigenvalue weighted by Crippen LogP contribution is -2.13. The molecule has 0 unspecified atom stereocenters. The number of fused-ring (bicyclic) bond motifs is 1. The van der Waals surface area contributed by atoms with Crippen LogP contribution in [0, 0.1) is 13.8 Å². The van der Waals surface area contributed by atoms with E-state index in [9.17, 15) is 13.2 Å². The number of hydrogen-bond donors (Lipinski definition) is 0. The highest BCUT2D eigenvalue weighted by molar-refractivity contribution is 7.90. The number of rotatable bonds is 6. The second-order valence-corrected chi connectivity index (χ2v) is 9.45. The second-order valence-electron chi connectivity index (χ2n) is 7.03. The van der Waals surface area contributed by atoms with Crippen molar-refractivity contribution in [2.45, 2.75) is 25.2 Å². The van der Waals surface area contributed by atoms with Gasteiger partial charge in [-0.15, -0.1) is 0 Å². The van der Waals surface area contributed by atoms with Crippen molar-refractivity contribution >= 4 is 38.3 Å². The Labute approximate surface area is 180 Å². The third-order valence-corrected chi connectivity index (χ3v) is 6.37. The Morgan fingerprint density at radius 2 is 1.77 bits per heavy atom. The monoisotopic (exact) mass is 447 g/mol. The largest absolute Gasteiger partial charge is 0.481 e. The molecular weight excluding hydrogens is 426 g/mol. The fourth-order valence-corrected chi connectivity index (χ4v) is 4.14. The number of carbonyl (C=O) groups is 1. The normalized spacial score (nSPS) is 11.5. The minimum absolute atomic E-state index is 0.219. The van der Waals surface area contributed by atoms with Crippen LogP contribution in [0.25, 0.3) is 10.9 Å². The van der Waals surface area contributed by atoms with Gasteiger partial charge in [-0.25, -0.2) is 13.2 Å². The number of ether oxygens (including phenoxy) is 2. The number of halogens is 1. The predicted molar refractivity (Wildman–Crippen MR) is 116 cm³/mol. The van der Waals surface area contributed by atoms with Crippen LogP contribution in [0.3, 0.4) is 0 Å². The Balaban J connectivity index is 2.06. The van der Waals surface area contributed by atoms with Crippen molar-refractivity contribution in [3.8, 4) is 5.75 Å². The number of methoxy groups -OCH3 is 1. The van der Waals surface area contributed by atoms with Crippen LogP contribution in [0.5, 0.6) is 5.75 Å². The van der Waals surface area contributed by atoms with Crippen molar-refractivity contribution < 1.29 is 22.7 Å². The molecule has 0 amide bonds. The number of sulfone groups is 1. The summed E-state index contributed by atoms with van der Waals surface area (Å²) in [6, 6.07) is 10.2. The van der Waals surface area contributed by atoms with Gasteiger partial charge in [0.25, 0.3) is 0 Å². The molecule has 0 fully saturated rings. The van der Waals surface area contributed by atoms with Gasteiger partial charge in [-0.3, -0.25) is 4.98 Å². The molecule has 0 aliphatic carbocycles. The molecule has 158 valence electrons. The van der Waals surface area contributed by atoms with Gasteiger partial charge in [0, 0.05) is 17.3 Å². The molecule has 6 nitrogen and oxygen atoms in total. The van der Waals surface area contributed by atoms with Crippen LogP contribution in [0.4, 0.5) is 0 Å². The predicted octanol–water partition coefficient (Wildman–Crippen LogP) is 4.05. The summed E-state index contributed by atoms with van der Waals surface area (Å²) in [7, 11) is -1.94. The average Bonchev–Trinajstić information content (AvgIpc) is 2.70. The number of nitrogens with zero attached hydrogens (tertiary/aromatic N) is 1. The number of esters is 1. The number of pyridine rings is 1. The van der Waals surface area contributed by atoms with Crippen molar-refractivity contribution in [1.29, 1.82) is 0 Å². The fraction of sp³-hybridized carbons (Fsp3) is 0.273. The number of aromatic nitrogens is 1. The summed E-state index contributed by atoms with van der Waals surface area (Å²) in [5.74, 6) is 0.0143. The van der Waals surface area contributed by atoms with E-state index < -0.39 is 15.8 Å². The fourth-order valence-electron chi connectivity index (χ4n) is 3.31. The third-order valence-electron chi connectivity index (χ3n) is 4.94. The Kier molecular flexibility index (Phi) is 6.33. The van der Waals surface area contributed by atoms with E-state index in [4.69, 9.17) is 16.3 Å². The number of benzene rings is 2. The van der Waals surface area contributed by atoms with Gasteiger partial charge in [0.1, 0.15) is 5.75 Å².